The van der Waals surface area contributed by atoms with Crippen LogP contribution in [0.2, 0.25) is 0 Å². The van der Waals surface area contributed by atoms with E-state index in [0.717, 1.165) is 49.2 Å². The van der Waals surface area contributed by atoms with Crippen LogP contribution in [0.4, 0.5) is 22.7 Å². The van der Waals surface area contributed by atoms with Gasteiger partial charge in [0.1, 0.15) is 4.88 Å². The highest BCUT2D eigenvalue weighted by molar-refractivity contribution is 7.15. The molecule has 0 N–H and O–H groups in total. The number of rotatable bonds is 8. The van der Waals surface area contributed by atoms with Crippen LogP contribution in [0.5, 0.6) is 0 Å². The second kappa shape index (κ2) is 18.2. The number of hydrogen-bond donors (Lipinski definition) is 0. The molecule has 320 valence electrons. The molecule has 12 rings (SSSR count). The fraction of sp³-hybridized carbons (Fsp3) is 0.0962. The second-order valence-corrected chi connectivity index (χ2v) is 19.2. The van der Waals surface area contributed by atoms with Gasteiger partial charge in [-0.05, 0) is 68.0 Å². The van der Waals surface area contributed by atoms with Gasteiger partial charge in [-0.3, -0.25) is 28.9 Å². The highest BCUT2D eigenvalue weighted by Crippen LogP contribution is 2.51. The Bertz CT molecular complexity index is 2990. The third-order valence-electron chi connectivity index (χ3n) is 11.4. The van der Waals surface area contributed by atoms with Crippen LogP contribution in [0, 0.1) is 0 Å². The molecule has 13 heteroatoms. The van der Waals surface area contributed by atoms with Gasteiger partial charge in [0.05, 0.1) is 76.2 Å². The Morgan fingerprint density at radius 2 is 0.692 bits per heavy atom. The van der Waals surface area contributed by atoms with Gasteiger partial charge in [-0.15, -0.1) is 45.3 Å². The SMILES string of the molecule is O=C1/C(=C2/C(=O)N(Cc3ccccc3)c3ccsc32)c2sccc2N1Cc1ccccc1.O=C1C(=O)N(Cc2ccccc2)c2ccsc21.O=C1Cc2sccc2N1Cc1ccccc1. The van der Waals surface area contributed by atoms with Crippen molar-refractivity contribution in [2.24, 2.45) is 0 Å². The lowest BCUT2D eigenvalue weighted by Crippen LogP contribution is -2.29. The molecule has 0 atom stereocenters. The van der Waals surface area contributed by atoms with E-state index in [1.54, 1.807) is 26.0 Å². The summed E-state index contributed by atoms with van der Waals surface area (Å²) in [6.45, 7) is 2.11. The van der Waals surface area contributed by atoms with Crippen LogP contribution >= 0.6 is 45.3 Å². The summed E-state index contributed by atoms with van der Waals surface area (Å²) < 4.78 is 0. The first-order chi connectivity index (χ1) is 31.8. The molecule has 4 aliphatic rings. The van der Waals surface area contributed by atoms with Gasteiger partial charge in [0, 0.05) is 4.88 Å². The van der Waals surface area contributed by atoms with Crippen molar-refractivity contribution in [3.05, 3.63) is 209 Å². The average molecular weight is 927 g/mol. The summed E-state index contributed by atoms with van der Waals surface area (Å²) in [5.74, 6) is -0.785. The number of hydrogen-bond acceptors (Lipinski definition) is 9. The molecule has 4 aliphatic heterocycles. The number of thiophene rings is 4. The normalized spacial score (nSPS) is 15.7. The molecule has 0 unspecified atom stereocenters. The smallest absolute Gasteiger partial charge is 0.300 e. The van der Waals surface area contributed by atoms with Gasteiger partial charge in [0.2, 0.25) is 5.91 Å². The van der Waals surface area contributed by atoms with E-state index in [9.17, 15) is 24.0 Å². The van der Waals surface area contributed by atoms with Gasteiger partial charge in [0.25, 0.3) is 17.6 Å². The Balaban J connectivity index is 0.000000127. The predicted molar refractivity (Wildman–Crippen MR) is 263 cm³/mol. The Morgan fingerprint density at radius 1 is 0.354 bits per heavy atom. The molecule has 8 aromatic rings. The standard InChI is InChI=1S/C26H18N2O2S2.C13H9NO2S.C13H11NOS/c29-25-21(23-19(11-13-31-23)27(25)15-17-7-3-1-4-8-17)22-24-20(12-14-32-24)28(26(22)30)16-18-9-5-2-6-10-18;15-11-12-10(6-7-17-12)14(13(11)16)8-9-4-2-1-3-5-9;15-13-8-12-11(6-7-16-12)14(13)9-10-4-2-1-3-5-10/h1-14H,15-16H2;1-7H,8H2;1-7H,8-9H2/b22-21+;;. The highest BCUT2D eigenvalue weighted by atomic mass is 32.1. The van der Waals surface area contributed by atoms with Crippen LogP contribution in [0.25, 0.3) is 11.1 Å². The number of amides is 4. The third kappa shape index (κ3) is 8.19. The summed E-state index contributed by atoms with van der Waals surface area (Å²) in [5, 5.41) is 7.88. The maximum atomic E-state index is 13.7. The first-order valence-electron chi connectivity index (χ1n) is 20.8. The minimum atomic E-state index is -0.421. The van der Waals surface area contributed by atoms with Crippen molar-refractivity contribution in [2.75, 3.05) is 19.6 Å². The lowest BCUT2D eigenvalue weighted by molar-refractivity contribution is -0.117. The van der Waals surface area contributed by atoms with E-state index in [4.69, 9.17) is 0 Å². The lowest BCUT2D eigenvalue weighted by Gasteiger charge is -2.17. The number of nitrogens with zero attached hydrogens (tertiary/aromatic N) is 4. The first-order valence-corrected chi connectivity index (χ1v) is 24.4. The molecule has 0 fully saturated rings. The van der Waals surface area contributed by atoms with E-state index in [-0.39, 0.29) is 23.5 Å². The van der Waals surface area contributed by atoms with Crippen molar-refractivity contribution in [3.63, 3.8) is 0 Å². The summed E-state index contributed by atoms with van der Waals surface area (Å²) in [6, 6.07) is 47.5. The third-order valence-corrected chi connectivity index (χ3v) is 15.1. The summed E-state index contributed by atoms with van der Waals surface area (Å²) >= 11 is 6.04. The lowest BCUT2D eigenvalue weighted by atomic mass is 10.1. The number of ketones is 1. The maximum Gasteiger partial charge on any atom is 0.300 e. The molecule has 8 heterocycles. The molecule has 0 saturated heterocycles. The predicted octanol–water partition coefficient (Wildman–Crippen LogP) is 11.1. The van der Waals surface area contributed by atoms with Crippen molar-refractivity contribution < 1.29 is 24.0 Å². The Kier molecular flexibility index (Phi) is 11.8. The Hall–Kier alpha value is -7.03. The maximum absolute atomic E-state index is 13.7. The molecule has 0 bridgehead atoms. The van der Waals surface area contributed by atoms with Crippen molar-refractivity contribution >= 4 is 109 Å². The molecule has 0 saturated carbocycles. The van der Waals surface area contributed by atoms with E-state index < -0.39 is 5.91 Å². The summed E-state index contributed by atoms with van der Waals surface area (Å²) in [4.78, 5) is 73.2. The van der Waals surface area contributed by atoms with Gasteiger partial charge < -0.3 is 14.7 Å². The summed E-state index contributed by atoms with van der Waals surface area (Å²) in [7, 11) is 0. The van der Waals surface area contributed by atoms with Crippen molar-refractivity contribution in [3.8, 4) is 0 Å². The van der Waals surface area contributed by atoms with E-state index in [0.29, 0.717) is 48.6 Å². The van der Waals surface area contributed by atoms with Crippen LogP contribution in [0.15, 0.2) is 167 Å². The first kappa shape index (κ1) is 42.0. The zero-order valence-corrected chi connectivity index (χ0v) is 37.9. The molecular weight excluding hydrogens is 889 g/mol. The molecule has 4 aromatic heterocycles. The van der Waals surface area contributed by atoms with Gasteiger partial charge in [-0.2, -0.15) is 0 Å². The molecule has 0 radical (unpaired) electrons. The quantitative estimate of drug-likeness (QED) is 0.112. The Morgan fingerprint density at radius 3 is 1.12 bits per heavy atom. The zero-order chi connectivity index (χ0) is 44.4. The Labute approximate surface area is 391 Å². The summed E-state index contributed by atoms with van der Waals surface area (Å²) in [6.07, 6.45) is 0.569. The van der Waals surface area contributed by atoms with Crippen LogP contribution in [0.1, 0.15) is 46.6 Å². The molecular formula is C52H38N4O5S4. The molecule has 4 aromatic carbocycles. The number of Topliss-reactive ketones (excluding diaryl/α,β-unsaturated/α-hetero) is 1. The average Bonchev–Trinajstić information content (AvgIpc) is 4.23. The molecule has 0 spiro atoms. The van der Waals surface area contributed by atoms with Crippen LogP contribution in [-0.4, -0.2) is 29.4 Å². The van der Waals surface area contributed by atoms with E-state index in [2.05, 4.69) is 17.5 Å². The van der Waals surface area contributed by atoms with Crippen molar-refractivity contribution in [1.29, 1.82) is 0 Å². The number of carbonyl (C=O) groups is 5. The minimum Gasteiger partial charge on any atom is -0.307 e. The van der Waals surface area contributed by atoms with Crippen molar-refractivity contribution in [2.45, 2.75) is 32.6 Å². The van der Waals surface area contributed by atoms with Crippen LogP contribution < -0.4 is 19.6 Å². The van der Waals surface area contributed by atoms with Crippen LogP contribution in [0.3, 0.4) is 0 Å². The molecule has 9 nitrogen and oxygen atoms in total. The fourth-order valence-corrected chi connectivity index (χ4v) is 11.9. The topological polar surface area (TPSA) is 98.3 Å². The fourth-order valence-electron chi connectivity index (χ4n) is 8.32. The number of fused-ring (bicyclic) bond motifs is 4. The summed E-state index contributed by atoms with van der Waals surface area (Å²) in [5.41, 5.74) is 9.01. The van der Waals surface area contributed by atoms with Gasteiger partial charge in [0.15, 0.2) is 0 Å². The van der Waals surface area contributed by atoms with Crippen LogP contribution in [-0.2, 0) is 51.8 Å². The van der Waals surface area contributed by atoms with E-state index in [1.807, 2.05) is 155 Å². The largest absolute Gasteiger partial charge is 0.307 e. The van der Waals surface area contributed by atoms with Gasteiger partial charge in [-0.1, -0.05) is 121 Å². The number of carbonyl (C=O) groups excluding carboxylic acids is 5. The minimum absolute atomic E-state index is 0.0973. The number of anilines is 4. The van der Waals surface area contributed by atoms with E-state index >= 15 is 0 Å². The van der Waals surface area contributed by atoms with Crippen molar-refractivity contribution in [1.82, 2.24) is 0 Å². The zero-order valence-electron chi connectivity index (χ0n) is 34.7. The molecule has 0 aliphatic carbocycles. The highest BCUT2D eigenvalue weighted by Gasteiger charge is 2.43. The second-order valence-electron chi connectivity index (χ2n) is 15.5. The van der Waals surface area contributed by atoms with Gasteiger partial charge in [-0.25, -0.2) is 0 Å². The van der Waals surface area contributed by atoms with Gasteiger partial charge >= 0.3 is 5.91 Å². The number of benzene rings is 4. The van der Waals surface area contributed by atoms with E-state index in [1.165, 1.54) is 44.5 Å². The molecule has 65 heavy (non-hydrogen) atoms. The molecule has 4 amide bonds. The monoisotopic (exact) mass is 926 g/mol.